The third kappa shape index (κ3) is 1.95. The van der Waals surface area contributed by atoms with Crippen LogP contribution in [0.25, 0.3) is 11.0 Å². The van der Waals surface area contributed by atoms with Crippen LogP contribution in [0.4, 0.5) is 0 Å². The number of fused-ring (bicyclic) bond motifs is 1. The summed E-state index contributed by atoms with van der Waals surface area (Å²) in [5, 5.41) is 0. The van der Waals surface area contributed by atoms with Crippen molar-refractivity contribution in [2.24, 2.45) is 0 Å². The van der Waals surface area contributed by atoms with E-state index in [1.54, 1.807) is 0 Å². The highest BCUT2D eigenvalue weighted by Crippen LogP contribution is 2.23. The Kier molecular flexibility index (Phi) is 2.63. The number of imidazole rings is 1. The lowest BCUT2D eigenvalue weighted by Gasteiger charge is -2.13. The summed E-state index contributed by atoms with van der Waals surface area (Å²) >= 11 is 0. The second-order valence-electron chi connectivity index (χ2n) is 4.90. The Labute approximate surface area is 101 Å². The lowest BCUT2D eigenvalue weighted by atomic mass is 10.2. The minimum atomic E-state index is 0.348. The Hall–Kier alpha value is -1.35. The Morgan fingerprint density at radius 3 is 2.94 bits per heavy atom. The van der Waals surface area contributed by atoms with Crippen molar-refractivity contribution in [1.82, 2.24) is 9.55 Å². The predicted molar refractivity (Wildman–Crippen MR) is 68.0 cm³/mol. The molecule has 2 unspecified atom stereocenters. The molecule has 0 aliphatic carbocycles. The van der Waals surface area contributed by atoms with E-state index in [4.69, 9.17) is 4.74 Å². The van der Waals surface area contributed by atoms with Gasteiger partial charge in [-0.05, 0) is 38.8 Å². The lowest BCUT2D eigenvalue weighted by Crippen LogP contribution is -2.17. The molecular weight excluding hydrogens is 212 g/mol. The number of hydrogen-bond acceptors (Lipinski definition) is 2. The normalized spacial score (nSPS) is 24.6. The number of rotatable bonds is 2. The van der Waals surface area contributed by atoms with Gasteiger partial charge < -0.3 is 9.30 Å². The van der Waals surface area contributed by atoms with Crippen LogP contribution in [-0.2, 0) is 11.3 Å². The summed E-state index contributed by atoms with van der Waals surface area (Å²) in [6.45, 7) is 5.15. The molecule has 1 aromatic carbocycles. The lowest BCUT2D eigenvalue weighted by molar-refractivity contribution is 0.0461. The van der Waals surface area contributed by atoms with Crippen LogP contribution in [0.3, 0.4) is 0 Å². The number of benzene rings is 1. The molecule has 0 radical (unpaired) electrons. The molecule has 0 bridgehead atoms. The standard InChI is InChI=1S/C14H18N2O/c1-10-7-8-12(17-10)9-16-11(2)15-13-5-3-4-6-14(13)16/h3-6,10,12H,7-9H2,1-2H3. The van der Waals surface area contributed by atoms with Crippen molar-refractivity contribution in [2.75, 3.05) is 0 Å². The van der Waals surface area contributed by atoms with Crippen molar-refractivity contribution >= 4 is 11.0 Å². The maximum absolute atomic E-state index is 5.89. The van der Waals surface area contributed by atoms with Crippen molar-refractivity contribution < 1.29 is 4.74 Å². The number of ether oxygens (including phenoxy) is 1. The SMILES string of the molecule is Cc1nc2ccccc2n1CC1CCC(C)O1. The van der Waals surface area contributed by atoms with E-state index in [1.807, 2.05) is 6.07 Å². The van der Waals surface area contributed by atoms with Gasteiger partial charge in [0.2, 0.25) is 0 Å². The first kappa shape index (κ1) is 10.8. The maximum Gasteiger partial charge on any atom is 0.106 e. The van der Waals surface area contributed by atoms with E-state index in [0.717, 1.165) is 24.3 Å². The number of nitrogens with zero attached hydrogens (tertiary/aromatic N) is 2. The molecule has 2 heterocycles. The third-order valence-corrected chi connectivity index (χ3v) is 3.55. The van der Waals surface area contributed by atoms with Gasteiger partial charge in [-0.1, -0.05) is 12.1 Å². The zero-order valence-electron chi connectivity index (χ0n) is 10.4. The summed E-state index contributed by atoms with van der Waals surface area (Å²) in [5.41, 5.74) is 2.30. The van der Waals surface area contributed by atoms with Gasteiger partial charge in [0.05, 0.1) is 29.8 Å². The predicted octanol–water partition coefficient (Wildman–Crippen LogP) is 2.91. The van der Waals surface area contributed by atoms with Crippen LogP contribution in [0.2, 0.25) is 0 Å². The molecule has 3 rings (SSSR count). The molecule has 0 N–H and O–H groups in total. The molecule has 1 fully saturated rings. The summed E-state index contributed by atoms with van der Waals surface area (Å²) in [5.74, 6) is 1.08. The average molecular weight is 230 g/mol. The van der Waals surface area contributed by atoms with Crippen LogP contribution in [0.5, 0.6) is 0 Å². The fourth-order valence-corrected chi connectivity index (χ4v) is 2.65. The van der Waals surface area contributed by atoms with Crippen LogP contribution in [0.1, 0.15) is 25.6 Å². The minimum absolute atomic E-state index is 0.348. The molecule has 1 aliphatic heterocycles. The van der Waals surface area contributed by atoms with Gasteiger partial charge in [-0.3, -0.25) is 0 Å². The van der Waals surface area contributed by atoms with Crippen LogP contribution >= 0.6 is 0 Å². The molecule has 0 spiro atoms. The van der Waals surface area contributed by atoms with E-state index in [9.17, 15) is 0 Å². The summed E-state index contributed by atoms with van der Waals surface area (Å²) in [4.78, 5) is 4.58. The summed E-state index contributed by atoms with van der Waals surface area (Å²) < 4.78 is 8.17. The van der Waals surface area contributed by atoms with Crippen LogP contribution in [0.15, 0.2) is 24.3 Å². The molecule has 3 nitrogen and oxygen atoms in total. The van der Waals surface area contributed by atoms with Crippen LogP contribution < -0.4 is 0 Å². The molecule has 0 saturated carbocycles. The summed E-state index contributed by atoms with van der Waals surface area (Å²) in [7, 11) is 0. The Bertz CT molecular complexity index is 532. The summed E-state index contributed by atoms with van der Waals surface area (Å²) in [6, 6.07) is 8.30. The van der Waals surface area contributed by atoms with Gasteiger partial charge in [0.25, 0.3) is 0 Å². The Balaban J connectivity index is 1.91. The topological polar surface area (TPSA) is 27.1 Å². The van der Waals surface area contributed by atoms with Gasteiger partial charge in [0, 0.05) is 0 Å². The maximum atomic E-state index is 5.89. The van der Waals surface area contributed by atoms with Crippen LogP contribution in [0, 0.1) is 6.92 Å². The van der Waals surface area contributed by atoms with Crippen molar-refractivity contribution in [3.05, 3.63) is 30.1 Å². The van der Waals surface area contributed by atoms with Gasteiger partial charge in [0.1, 0.15) is 5.82 Å². The molecule has 2 aromatic rings. The zero-order chi connectivity index (χ0) is 11.8. The highest BCUT2D eigenvalue weighted by atomic mass is 16.5. The molecule has 0 amide bonds. The molecular formula is C14H18N2O. The number of aryl methyl sites for hydroxylation is 1. The quantitative estimate of drug-likeness (QED) is 0.793. The van der Waals surface area contributed by atoms with Crippen molar-refractivity contribution in [1.29, 1.82) is 0 Å². The number of hydrogen-bond donors (Lipinski definition) is 0. The summed E-state index contributed by atoms with van der Waals surface area (Å²) in [6.07, 6.45) is 3.10. The Morgan fingerprint density at radius 2 is 2.18 bits per heavy atom. The first-order chi connectivity index (χ1) is 8.24. The largest absolute Gasteiger partial charge is 0.373 e. The molecule has 2 atom stereocenters. The van der Waals surface area contributed by atoms with Gasteiger partial charge in [-0.15, -0.1) is 0 Å². The second-order valence-corrected chi connectivity index (χ2v) is 4.90. The minimum Gasteiger partial charge on any atom is -0.373 e. The van der Waals surface area contributed by atoms with E-state index in [1.165, 1.54) is 11.9 Å². The van der Waals surface area contributed by atoms with E-state index in [-0.39, 0.29) is 0 Å². The van der Waals surface area contributed by atoms with E-state index in [2.05, 4.69) is 41.6 Å². The molecule has 17 heavy (non-hydrogen) atoms. The van der Waals surface area contributed by atoms with E-state index in [0.29, 0.717) is 12.2 Å². The van der Waals surface area contributed by atoms with Gasteiger partial charge in [-0.2, -0.15) is 0 Å². The van der Waals surface area contributed by atoms with Crippen molar-refractivity contribution in [3.63, 3.8) is 0 Å². The Morgan fingerprint density at radius 1 is 1.35 bits per heavy atom. The van der Waals surface area contributed by atoms with Gasteiger partial charge >= 0.3 is 0 Å². The van der Waals surface area contributed by atoms with E-state index < -0.39 is 0 Å². The molecule has 1 aliphatic rings. The van der Waals surface area contributed by atoms with Gasteiger partial charge in [0.15, 0.2) is 0 Å². The first-order valence-electron chi connectivity index (χ1n) is 6.31. The molecule has 1 aromatic heterocycles. The highest BCUT2D eigenvalue weighted by molar-refractivity contribution is 5.75. The molecule has 90 valence electrons. The number of para-hydroxylation sites is 2. The number of aromatic nitrogens is 2. The monoisotopic (exact) mass is 230 g/mol. The molecule has 3 heteroatoms. The van der Waals surface area contributed by atoms with Gasteiger partial charge in [-0.25, -0.2) is 4.98 Å². The first-order valence-corrected chi connectivity index (χ1v) is 6.31. The van der Waals surface area contributed by atoms with Crippen LogP contribution in [-0.4, -0.2) is 21.8 Å². The van der Waals surface area contributed by atoms with Crippen molar-refractivity contribution in [3.8, 4) is 0 Å². The van der Waals surface area contributed by atoms with Crippen molar-refractivity contribution in [2.45, 2.75) is 45.4 Å². The zero-order valence-corrected chi connectivity index (χ0v) is 10.4. The average Bonchev–Trinajstić information content (AvgIpc) is 2.85. The third-order valence-electron chi connectivity index (χ3n) is 3.55. The molecule has 1 saturated heterocycles. The highest BCUT2D eigenvalue weighted by Gasteiger charge is 2.23. The fraction of sp³-hybridized carbons (Fsp3) is 0.500. The second kappa shape index (κ2) is 4.15. The smallest absolute Gasteiger partial charge is 0.106 e. The van der Waals surface area contributed by atoms with E-state index >= 15 is 0 Å². The fourth-order valence-electron chi connectivity index (χ4n) is 2.65.